The van der Waals surface area contributed by atoms with Crippen LogP contribution in [0.2, 0.25) is 0 Å². The Morgan fingerprint density at radius 1 is 1.26 bits per heavy atom. The van der Waals surface area contributed by atoms with E-state index in [-0.39, 0.29) is 0 Å². The second kappa shape index (κ2) is 5.90. The van der Waals surface area contributed by atoms with Crippen molar-refractivity contribution in [3.8, 4) is 11.5 Å². The van der Waals surface area contributed by atoms with Gasteiger partial charge in [0.15, 0.2) is 17.8 Å². The first kappa shape index (κ1) is 13.6. The molecule has 2 rings (SSSR count). The Kier molecular flexibility index (Phi) is 4.24. The van der Waals surface area contributed by atoms with Gasteiger partial charge in [0.25, 0.3) is 0 Å². The third-order valence-electron chi connectivity index (χ3n) is 3.08. The Morgan fingerprint density at radius 3 is 2.63 bits per heavy atom. The molecule has 1 fully saturated rings. The highest BCUT2D eigenvalue weighted by Crippen LogP contribution is 2.34. The Hall–Kier alpha value is -1.79. The SMILES string of the molecule is COc1ccc(C2OC(O)CCC2=NO)cc1OC. The molecule has 1 aromatic rings. The number of hydrogen-bond acceptors (Lipinski definition) is 6. The highest BCUT2D eigenvalue weighted by molar-refractivity contribution is 5.90. The normalized spacial score (nSPS) is 25.3. The largest absolute Gasteiger partial charge is 0.493 e. The molecule has 2 unspecified atom stereocenters. The van der Waals surface area contributed by atoms with Gasteiger partial charge in [-0.25, -0.2) is 0 Å². The van der Waals surface area contributed by atoms with E-state index in [1.807, 2.05) is 0 Å². The van der Waals surface area contributed by atoms with Gasteiger partial charge in [-0.15, -0.1) is 0 Å². The maximum Gasteiger partial charge on any atom is 0.161 e. The van der Waals surface area contributed by atoms with Gasteiger partial charge in [0, 0.05) is 6.42 Å². The van der Waals surface area contributed by atoms with Crippen molar-refractivity contribution >= 4 is 5.71 Å². The van der Waals surface area contributed by atoms with Gasteiger partial charge < -0.3 is 24.5 Å². The summed E-state index contributed by atoms with van der Waals surface area (Å²) in [6.07, 6.45) is -0.531. The third-order valence-corrected chi connectivity index (χ3v) is 3.08. The van der Waals surface area contributed by atoms with Crippen molar-refractivity contribution in [2.45, 2.75) is 25.2 Å². The first-order valence-electron chi connectivity index (χ1n) is 5.96. The van der Waals surface area contributed by atoms with E-state index in [4.69, 9.17) is 19.4 Å². The number of rotatable bonds is 3. The highest BCUT2D eigenvalue weighted by Gasteiger charge is 2.29. The second-order valence-corrected chi connectivity index (χ2v) is 4.22. The third kappa shape index (κ3) is 2.80. The van der Waals surface area contributed by atoms with Gasteiger partial charge in [0.2, 0.25) is 0 Å². The summed E-state index contributed by atoms with van der Waals surface area (Å²) in [5.74, 6) is 1.16. The molecule has 6 nitrogen and oxygen atoms in total. The molecule has 1 saturated heterocycles. The van der Waals surface area contributed by atoms with Gasteiger partial charge >= 0.3 is 0 Å². The number of ether oxygens (including phenoxy) is 3. The summed E-state index contributed by atoms with van der Waals surface area (Å²) < 4.78 is 15.8. The molecule has 104 valence electrons. The molecule has 2 atom stereocenters. The molecule has 0 amide bonds. The van der Waals surface area contributed by atoms with Gasteiger partial charge in [-0.2, -0.15) is 0 Å². The van der Waals surface area contributed by atoms with Crippen LogP contribution in [0.1, 0.15) is 24.5 Å². The molecular weight excluding hydrogens is 250 g/mol. The zero-order valence-corrected chi connectivity index (χ0v) is 10.9. The number of benzene rings is 1. The summed E-state index contributed by atoms with van der Waals surface area (Å²) in [4.78, 5) is 0. The van der Waals surface area contributed by atoms with Crippen molar-refractivity contribution < 1.29 is 24.5 Å². The lowest BCUT2D eigenvalue weighted by Crippen LogP contribution is -2.29. The number of aliphatic hydroxyl groups excluding tert-OH is 1. The zero-order chi connectivity index (χ0) is 13.8. The van der Waals surface area contributed by atoms with Gasteiger partial charge in [0.05, 0.1) is 19.9 Å². The predicted octanol–water partition coefficient (Wildman–Crippen LogP) is 1.70. The van der Waals surface area contributed by atoms with Crippen LogP contribution in [0.5, 0.6) is 11.5 Å². The smallest absolute Gasteiger partial charge is 0.161 e. The van der Waals surface area contributed by atoms with Gasteiger partial charge in [-0.05, 0) is 24.1 Å². The van der Waals surface area contributed by atoms with Crippen molar-refractivity contribution in [2.75, 3.05) is 14.2 Å². The molecule has 0 bridgehead atoms. The monoisotopic (exact) mass is 267 g/mol. The Labute approximate surface area is 111 Å². The summed E-state index contributed by atoms with van der Waals surface area (Å²) in [6, 6.07) is 5.27. The lowest BCUT2D eigenvalue weighted by Gasteiger charge is -2.28. The quantitative estimate of drug-likeness (QED) is 0.643. The lowest BCUT2D eigenvalue weighted by molar-refractivity contribution is -0.131. The van der Waals surface area contributed by atoms with Crippen molar-refractivity contribution in [1.29, 1.82) is 0 Å². The van der Waals surface area contributed by atoms with E-state index in [1.54, 1.807) is 32.4 Å². The predicted molar refractivity (Wildman–Crippen MR) is 67.8 cm³/mol. The standard InChI is InChI=1S/C13H17NO5/c1-17-10-5-3-8(7-11(10)18-2)13-9(14-16)4-6-12(15)19-13/h3,5,7,12-13,15-16H,4,6H2,1-2H3. The number of aliphatic hydroxyl groups is 1. The van der Waals surface area contributed by atoms with Crippen LogP contribution in [0.4, 0.5) is 0 Å². The molecule has 1 heterocycles. The van der Waals surface area contributed by atoms with Crippen LogP contribution >= 0.6 is 0 Å². The number of nitrogens with zero attached hydrogens (tertiary/aromatic N) is 1. The van der Waals surface area contributed by atoms with E-state index in [0.717, 1.165) is 5.56 Å². The number of oxime groups is 1. The summed E-state index contributed by atoms with van der Waals surface area (Å²) in [5, 5.41) is 21.8. The van der Waals surface area contributed by atoms with Crippen LogP contribution in [-0.4, -0.2) is 36.5 Å². The molecule has 1 aromatic carbocycles. The van der Waals surface area contributed by atoms with Crippen LogP contribution in [0, 0.1) is 0 Å². The zero-order valence-electron chi connectivity index (χ0n) is 10.9. The van der Waals surface area contributed by atoms with Gasteiger partial charge in [-0.3, -0.25) is 0 Å². The first-order valence-corrected chi connectivity index (χ1v) is 5.96. The van der Waals surface area contributed by atoms with Crippen LogP contribution in [0.25, 0.3) is 0 Å². The summed E-state index contributed by atoms with van der Waals surface area (Å²) >= 11 is 0. The molecule has 0 radical (unpaired) electrons. The van der Waals surface area contributed by atoms with E-state index in [1.165, 1.54) is 0 Å². The fourth-order valence-electron chi connectivity index (χ4n) is 2.10. The molecular formula is C13H17NO5. The van der Waals surface area contributed by atoms with Crippen LogP contribution in [-0.2, 0) is 4.74 Å². The molecule has 1 aliphatic heterocycles. The van der Waals surface area contributed by atoms with Crippen molar-refractivity contribution in [2.24, 2.45) is 5.16 Å². The maximum atomic E-state index is 9.57. The molecule has 0 aromatic heterocycles. The van der Waals surface area contributed by atoms with Gasteiger partial charge in [-0.1, -0.05) is 11.2 Å². The average Bonchev–Trinajstić information content (AvgIpc) is 2.46. The van der Waals surface area contributed by atoms with E-state index >= 15 is 0 Å². The summed E-state index contributed by atoms with van der Waals surface area (Å²) in [5.41, 5.74) is 1.22. The van der Waals surface area contributed by atoms with Crippen molar-refractivity contribution in [3.05, 3.63) is 23.8 Å². The first-order chi connectivity index (χ1) is 9.19. The molecule has 19 heavy (non-hydrogen) atoms. The molecule has 2 N–H and O–H groups in total. The van der Waals surface area contributed by atoms with Crippen molar-refractivity contribution in [3.63, 3.8) is 0 Å². The number of methoxy groups -OCH3 is 2. The van der Waals surface area contributed by atoms with E-state index in [0.29, 0.717) is 30.1 Å². The van der Waals surface area contributed by atoms with Crippen molar-refractivity contribution in [1.82, 2.24) is 0 Å². The molecule has 6 heteroatoms. The van der Waals surface area contributed by atoms with Crippen LogP contribution in [0.3, 0.4) is 0 Å². The van der Waals surface area contributed by atoms with E-state index < -0.39 is 12.4 Å². The minimum absolute atomic E-state index is 0.420. The minimum atomic E-state index is -0.858. The summed E-state index contributed by atoms with van der Waals surface area (Å²) in [7, 11) is 3.10. The summed E-state index contributed by atoms with van der Waals surface area (Å²) in [6.45, 7) is 0. The average molecular weight is 267 g/mol. The lowest BCUT2D eigenvalue weighted by atomic mass is 9.98. The minimum Gasteiger partial charge on any atom is -0.493 e. The molecule has 0 aliphatic carbocycles. The molecule has 0 spiro atoms. The van der Waals surface area contributed by atoms with E-state index in [9.17, 15) is 5.11 Å². The van der Waals surface area contributed by atoms with E-state index in [2.05, 4.69) is 5.16 Å². The Bertz CT molecular complexity index is 474. The fraction of sp³-hybridized carbons (Fsp3) is 0.462. The highest BCUT2D eigenvalue weighted by atomic mass is 16.6. The Balaban J connectivity index is 2.34. The molecule has 1 aliphatic rings. The second-order valence-electron chi connectivity index (χ2n) is 4.22. The van der Waals surface area contributed by atoms with Gasteiger partial charge in [0.1, 0.15) is 6.10 Å². The van der Waals surface area contributed by atoms with Crippen LogP contribution < -0.4 is 9.47 Å². The maximum absolute atomic E-state index is 9.57. The topological polar surface area (TPSA) is 80.5 Å². The molecule has 0 saturated carbocycles. The Morgan fingerprint density at radius 2 is 2.00 bits per heavy atom. The number of hydrogen-bond donors (Lipinski definition) is 2. The fourth-order valence-corrected chi connectivity index (χ4v) is 2.10. The van der Waals surface area contributed by atoms with Crippen LogP contribution in [0.15, 0.2) is 23.4 Å².